The Morgan fingerprint density at radius 2 is 1.87 bits per heavy atom. The molecule has 0 saturated carbocycles. The zero-order chi connectivity index (χ0) is 20.7. The number of aryl methyl sites for hydroxylation is 1. The minimum Gasteiger partial charge on any atom is -0.328 e. The van der Waals surface area contributed by atoms with Crippen molar-refractivity contribution in [1.29, 1.82) is 0 Å². The first-order valence-corrected chi connectivity index (χ1v) is 10.5. The van der Waals surface area contributed by atoms with Gasteiger partial charge in [0.2, 0.25) is 11.8 Å². The van der Waals surface area contributed by atoms with Crippen molar-refractivity contribution in [3.63, 3.8) is 0 Å². The number of halogens is 1. The van der Waals surface area contributed by atoms with Crippen LogP contribution in [0.4, 0.5) is 11.4 Å². The molecule has 2 aromatic carbocycles. The molecule has 0 radical (unpaired) electrons. The Hall–Kier alpha value is -3.12. The summed E-state index contributed by atoms with van der Waals surface area (Å²) < 4.78 is 2.25. The van der Waals surface area contributed by atoms with Gasteiger partial charge in [-0.05, 0) is 48.4 Å². The highest BCUT2D eigenvalue weighted by atomic mass is 35.5. The lowest BCUT2D eigenvalue weighted by atomic mass is 10.1. The molecule has 2 amide bonds. The molecule has 6 nitrogen and oxygen atoms in total. The summed E-state index contributed by atoms with van der Waals surface area (Å²) in [4.78, 5) is 31.3. The number of aromatic nitrogens is 2. The van der Waals surface area contributed by atoms with E-state index in [-0.39, 0.29) is 24.2 Å². The second kappa shape index (κ2) is 7.61. The number of rotatable bonds is 4. The van der Waals surface area contributed by atoms with Crippen LogP contribution in [0.1, 0.15) is 18.7 Å². The van der Waals surface area contributed by atoms with Gasteiger partial charge >= 0.3 is 0 Å². The van der Waals surface area contributed by atoms with Gasteiger partial charge < -0.3 is 14.8 Å². The molecule has 30 heavy (non-hydrogen) atoms. The molecule has 152 valence electrons. The average Bonchev–Trinajstić information content (AvgIpc) is 3.45. The first kappa shape index (κ1) is 18.9. The number of anilines is 2. The third-order valence-electron chi connectivity index (χ3n) is 5.80. The van der Waals surface area contributed by atoms with Crippen LogP contribution < -0.4 is 10.2 Å². The van der Waals surface area contributed by atoms with Crippen molar-refractivity contribution in [2.75, 3.05) is 16.8 Å². The van der Waals surface area contributed by atoms with E-state index in [0.29, 0.717) is 11.6 Å². The Morgan fingerprint density at radius 1 is 1.10 bits per heavy atom. The SMILES string of the molecule is O=C(Nc1ccc(-c2cnc3n2CCC3)cc1)C1CC(=O)N(c2ccc(Cl)cc2)C1. The van der Waals surface area contributed by atoms with Crippen LogP contribution >= 0.6 is 11.6 Å². The zero-order valence-electron chi connectivity index (χ0n) is 16.3. The topological polar surface area (TPSA) is 67.2 Å². The van der Waals surface area contributed by atoms with Crippen molar-refractivity contribution >= 4 is 34.8 Å². The number of benzene rings is 2. The van der Waals surface area contributed by atoms with Gasteiger partial charge in [0.05, 0.1) is 17.8 Å². The highest BCUT2D eigenvalue weighted by Gasteiger charge is 2.35. The smallest absolute Gasteiger partial charge is 0.229 e. The van der Waals surface area contributed by atoms with Gasteiger partial charge in [-0.25, -0.2) is 4.98 Å². The summed E-state index contributed by atoms with van der Waals surface area (Å²) in [6.45, 7) is 1.37. The van der Waals surface area contributed by atoms with Gasteiger partial charge in [-0.15, -0.1) is 0 Å². The number of fused-ring (bicyclic) bond motifs is 1. The Kier molecular flexibility index (Phi) is 4.79. The summed E-state index contributed by atoms with van der Waals surface area (Å²) in [7, 11) is 0. The molecule has 1 unspecified atom stereocenters. The van der Waals surface area contributed by atoms with E-state index in [1.54, 1.807) is 29.2 Å². The molecular weight excluding hydrogens is 400 g/mol. The summed E-state index contributed by atoms with van der Waals surface area (Å²) in [5.74, 6) is 0.560. The molecule has 2 aliphatic heterocycles. The Balaban J connectivity index is 1.25. The highest BCUT2D eigenvalue weighted by Crippen LogP contribution is 2.29. The Morgan fingerprint density at radius 3 is 2.63 bits per heavy atom. The van der Waals surface area contributed by atoms with Crippen LogP contribution in [0.5, 0.6) is 0 Å². The van der Waals surface area contributed by atoms with E-state index in [0.717, 1.165) is 47.8 Å². The lowest BCUT2D eigenvalue weighted by Crippen LogP contribution is -2.28. The van der Waals surface area contributed by atoms with E-state index in [4.69, 9.17) is 11.6 Å². The minimum absolute atomic E-state index is 0.0533. The van der Waals surface area contributed by atoms with Gasteiger partial charge in [0.15, 0.2) is 0 Å². The summed E-state index contributed by atoms with van der Waals surface area (Å²) in [6.07, 6.45) is 4.28. The molecule has 1 fully saturated rings. The molecule has 3 heterocycles. The maximum absolute atomic E-state index is 12.7. The number of nitrogens with zero attached hydrogens (tertiary/aromatic N) is 3. The van der Waals surface area contributed by atoms with E-state index in [2.05, 4.69) is 14.9 Å². The summed E-state index contributed by atoms with van der Waals surface area (Å²) in [5.41, 5.74) is 3.68. The summed E-state index contributed by atoms with van der Waals surface area (Å²) in [6, 6.07) is 14.9. The number of carbonyl (C=O) groups is 2. The normalized spacial score (nSPS) is 18.0. The van der Waals surface area contributed by atoms with Crippen molar-refractivity contribution in [2.24, 2.45) is 5.92 Å². The highest BCUT2D eigenvalue weighted by molar-refractivity contribution is 6.30. The van der Waals surface area contributed by atoms with Crippen LogP contribution in [0.3, 0.4) is 0 Å². The maximum atomic E-state index is 12.7. The van der Waals surface area contributed by atoms with Gasteiger partial charge in [0.1, 0.15) is 5.82 Å². The zero-order valence-corrected chi connectivity index (χ0v) is 17.1. The molecule has 1 saturated heterocycles. The number of nitrogens with one attached hydrogen (secondary N) is 1. The monoisotopic (exact) mass is 420 g/mol. The molecule has 0 bridgehead atoms. The van der Waals surface area contributed by atoms with Gasteiger partial charge in [-0.3, -0.25) is 9.59 Å². The fourth-order valence-corrected chi connectivity index (χ4v) is 4.34. The van der Waals surface area contributed by atoms with E-state index < -0.39 is 0 Å². The molecule has 1 aromatic heterocycles. The maximum Gasteiger partial charge on any atom is 0.229 e. The number of amides is 2. The van der Waals surface area contributed by atoms with Crippen molar-refractivity contribution < 1.29 is 9.59 Å². The second-order valence-electron chi connectivity index (χ2n) is 7.76. The van der Waals surface area contributed by atoms with E-state index in [9.17, 15) is 9.59 Å². The molecule has 3 aromatic rings. The fraction of sp³-hybridized carbons (Fsp3) is 0.261. The van der Waals surface area contributed by atoms with Crippen LogP contribution in [0.2, 0.25) is 5.02 Å². The number of hydrogen-bond acceptors (Lipinski definition) is 3. The Labute approximate surface area is 179 Å². The molecule has 7 heteroatoms. The summed E-state index contributed by atoms with van der Waals surface area (Å²) in [5, 5.41) is 3.56. The van der Waals surface area contributed by atoms with Gasteiger partial charge in [-0.1, -0.05) is 23.7 Å². The van der Waals surface area contributed by atoms with Crippen molar-refractivity contribution in [3.8, 4) is 11.3 Å². The quantitative estimate of drug-likeness (QED) is 0.689. The summed E-state index contributed by atoms with van der Waals surface area (Å²) >= 11 is 5.92. The third-order valence-corrected chi connectivity index (χ3v) is 6.05. The molecule has 1 atom stereocenters. The van der Waals surface area contributed by atoms with Crippen LogP contribution in [0.15, 0.2) is 54.7 Å². The number of imidazole rings is 1. The lowest BCUT2D eigenvalue weighted by molar-refractivity contribution is -0.122. The van der Waals surface area contributed by atoms with Crippen LogP contribution in [0, 0.1) is 5.92 Å². The van der Waals surface area contributed by atoms with Crippen LogP contribution in [-0.4, -0.2) is 27.9 Å². The van der Waals surface area contributed by atoms with Crippen LogP contribution in [-0.2, 0) is 22.6 Å². The molecular formula is C23H21ClN4O2. The first-order chi connectivity index (χ1) is 14.6. The van der Waals surface area contributed by atoms with E-state index >= 15 is 0 Å². The minimum atomic E-state index is -0.383. The predicted octanol–water partition coefficient (Wildman–Crippen LogP) is 4.14. The Bertz CT molecular complexity index is 1110. The third kappa shape index (κ3) is 3.48. The van der Waals surface area contributed by atoms with Crippen molar-refractivity contribution in [1.82, 2.24) is 9.55 Å². The second-order valence-corrected chi connectivity index (χ2v) is 8.20. The average molecular weight is 421 g/mol. The first-order valence-electron chi connectivity index (χ1n) is 10.1. The molecule has 5 rings (SSSR count). The van der Waals surface area contributed by atoms with Gasteiger partial charge in [0.25, 0.3) is 0 Å². The van der Waals surface area contributed by atoms with E-state index in [1.165, 1.54) is 0 Å². The number of hydrogen-bond donors (Lipinski definition) is 1. The van der Waals surface area contributed by atoms with Crippen LogP contribution in [0.25, 0.3) is 11.3 Å². The number of carbonyl (C=O) groups excluding carboxylic acids is 2. The standard InChI is InChI=1S/C23H21ClN4O2/c24-17-5-9-19(10-6-17)28-14-16(12-22(28)29)23(30)26-18-7-3-15(4-8-18)20-13-25-21-2-1-11-27(20)21/h3-10,13,16H,1-2,11-12,14H2,(H,26,30). The van der Waals surface area contributed by atoms with Gasteiger partial charge in [0, 0.05) is 42.3 Å². The van der Waals surface area contributed by atoms with Gasteiger partial charge in [-0.2, -0.15) is 0 Å². The lowest BCUT2D eigenvalue weighted by Gasteiger charge is -2.17. The van der Waals surface area contributed by atoms with Crippen molar-refractivity contribution in [2.45, 2.75) is 25.8 Å². The molecule has 0 aliphatic carbocycles. The predicted molar refractivity (Wildman–Crippen MR) is 117 cm³/mol. The molecule has 1 N–H and O–H groups in total. The fourth-order valence-electron chi connectivity index (χ4n) is 4.21. The van der Waals surface area contributed by atoms with E-state index in [1.807, 2.05) is 30.5 Å². The van der Waals surface area contributed by atoms with Crippen molar-refractivity contribution in [3.05, 3.63) is 65.6 Å². The largest absolute Gasteiger partial charge is 0.328 e. The molecule has 0 spiro atoms. The molecule has 2 aliphatic rings.